The molecule has 3 heteroatoms. The highest BCUT2D eigenvalue weighted by atomic mass is 19.1. The van der Waals surface area contributed by atoms with Crippen LogP contribution in [0.5, 0.6) is 0 Å². The molecular weight excluding hydrogens is 263 g/mol. The second-order valence-electron chi connectivity index (χ2n) is 7.20. The molecule has 0 radical (unpaired) electrons. The number of hydrogen-bond acceptors (Lipinski definition) is 2. The highest BCUT2D eigenvalue weighted by Gasteiger charge is 2.26. The molecule has 2 nitrogen and oxygen atoms in total. The zero-order valence-corrected chi connectivity index (χ0v) is 13.4. The number of rotatable bonds is 3. The highest BCUT2D eigenvalue weighted by Crippen LogP contribution is 2.28. The van der Waals surface area contributed by atoms with Crippen LogP contribution in [0.4, 0.5) is 4.39 Å². The minimum absolute atomic E-state index is 0.0428. The zero-order chi connectivity index (χ0) is 15.7. The average molecular weight is 286 g/mol. The number of aromatic nitrogens is 2. The molecule has 0 fully saturated rings. The quantitative estimate of drug-likeness (QED) is 0.834. The summed E-state index contributed by atoms with van der Waals surface area (Å²) in [6.07, 6.45) is 4.24. The predicted molar refractivity (Wildman–Crippen MR) is 83.9 cm³/mol. The van der Waals surface area contributed by atoms with E-state index < -0.39 is 0 Å². The second-order valence-corrected chi connectivity index (χ2v) is 7.20. The fourth-order valence-corrected chi connectivity index (χ4v) is 2.45. The van der Waals surface area contributed by atoms with E-state index in [1.165, 1.54) is 6.07 Å². The van der Waals surface area contributed by atoms with Crippen molar-refractivity contribution in [1.82, 2.24) is 9.97 Å². The molecule has 2 heterocycles. The van der Waals surface area contributed by atoms with Gasteiger partial charge in [-0.05, 0) is 30.2 Å². The summed E-state index contributed by atoms with van der Waals surface area (Å²) in [4.78, 5) is 8.74. The number of halogens is 1. The molecule has 0 aliphatic carbocycles. The summed E-state index contributed by atoms with van der Waals surface area (Å²) >= 11 is 0. The molecule has 0 saturated heterocycles. The monoisotopic (exact) mass is 286 g/mol. The van der Waals surface area contributed by atoms with Crippen molar-refractivity contribution in [3.8, 4) is 0 Å². The lowest BCUT2D eigenvalue weighted by molar-refractivity contribution is 0.461. The molecule has 0 spiro atoms. The Bertz CT molecular complexity index is 610. The molecule has 0 bridgehead atoms. The van der Waals surface area contributed by atoms with Gasteiger partial charge in [-0.2, -0.15) is 0 Å². The first kappa shape index (κ1) is 15.6. The smallest absolute Gasteiger partial charge is 0.145 e. The molecule has 2 rings (SSSR count). The fourth-order valence-electron chi connectivity index (χ4n) is 2.45. The van der Waals surface area contributed by atoms with Crippen molar-refractivity contribution in [2.24, 2.45) is 0 Å². The first-order chi connectivity index (χ1) is 9.70. The summed E-state index contributed by atoms with van der Waals surface area (Å²) < 4.78 is 13.9. The third-order valence-corrected chi connectivity index (χ3v) is 3.64. The first-order valence-electron chi connectivity index (χ1n) is 7.26. The van der Waals surface area contributed by atoms with Gasteiger partial charge in [0.05, 0.1) is 5.69 Å². The van der Waals surface area contributed by atoms with Crippen LogP contribution in [0, 0.1) is 5.82 Å². The van der Waals surface area contributed by atoms with E-state index >= 15 is 0 Å². The van der Waals surface area contributed by atoms with E-state index in [9.17, 15) is 4.39 Å². The Balaban J connectivity index is 2.23. The molecule has 2 aromatic rings. The van der Waals surface area contributed by atoms with Crippen molar-refractivity contribution in [3.05, 3.63) is 59.4 Å². The third kappa shape index (κ3) is 3.66. The van der Waals surface area contributed by atoms with Crippen molar-refractivity contribution < 1.29 is 4.39 Å². The Morgan fingerprint density at radius 1 is 1.00 bits per heavy atom. The Kier molecular flexibility index (Phi) is 4.13. The Morgan fingerprint density at radius 2 is 1.71 bits per heavy atom. The van der Waals surface area contributed by atoms with Gasteiger partial charge in [-0.25, -0.2) is 4.39 Å². The molecule has 0 aliphatic rings. The van der Waals surface area contributed by atoms with Crippen LogP contribution in [-0.4, -0.2) is 9.97 Å². The van der Waals surface area contributed by atoms with E-state index in [0.29, 0.717) is 12.1 Å². The van der Waals surface area contributed by atoms with E-state index in [0.717, 1.165) is 11.3 Å². The molecule has 0 aliphatic heterocycles. The summed E-state index contributed by atoms with van der Waals surface area (Å²) in [7, 11) is 0. The third-order valence-electron chi connectivity index (χ3n) is 3.64. The average Bonchev–Trinajstić information content (AvgIpc) is 2.38. The number of pyridine rings is 2. The van der Waals surface area contributed by atoms with Gasteiger partial charge >= 0.3 is 0 Å². The van der Waals surface area contributed by atoms with E-state index in [-0.39, 0.29) is 16.6 Å². The molecule has 0 unspecified atom stereocenters. The van der Waals surface area contributed by atoms with Gasteiger partial charge in [0, 0.05) is 28.9 Å². The van der Waals surface area contributed by atoms with Crippen LogP contribution in [-0.2, 0) is 17.3 Å². The summed E-state index contributed by atoms with van der Waals surface area (Å²) in [5, 5.41) is 0. The normalized spacial score (nSPS) is 12.5. The minimum atomic E-state index is -0.365. The molecule has 2 aromatic heterocycles. The lowest BCUT2D eigenvalue weighted by atomic mass is 9.82. The van der Waals surface area contributed by atoms with Gasteiger partial charge in [0.1, 0.15) is 5.82 Å². The van der Waals surface area contributed by atoms with Crippen LogP contribution >= 0.6 is 0 Å². The van der Waals surface area contributed by atoms with Gasteiger partial charge in [-0.1, -0.05) is 40.7 Å². The lowest BCUT2D eigenvalue weighted by Gasteiger charge is -2.25. The number of nitrogens with zero attached hydrogens (tertiary/aromatic N) is 2. The molecule has 0 atom stereocenters. The summed E-state index contributed by atoms with van der Waals surface area (Å²) in [6.45, 7) is 10.4. The topological polar surface area (TPSA) is 25.8 Å². The van der Waals surface area contributed by atoms with Crippen LogP contribution < -0.4 is 0 Å². The molecule has 0 N–H and O–H groups in total. The Hall–Kier alpha value is -1.77. The van der Waals surface area contributed by atoms with Crippen molar-refractivity contribution in [2.75, 3.05) is 0 Å². The van der Waals surface area contributed by atoms with Crippen molar-refractivity contribution in [1.29, 1.82) is 0 Å². The maximum Gasteiger partial charge on any atom is 0.145 e. The van der Waals surface area contributed by atoms with Crippen molar-refractivity contribution in [3.63, 3.8) is 0 Å². The van der Waals surface area contributed by atoms with Crippen LogP contribution in [0.1, 0.15) is 51.6 Å². The maximum atomic E-state index is 13.9. The van der Waals surface area contributed by atoms with Crippen LogP contribution in [0.15, 0.2) is 36.7 Å². The molecule has 21 heavy (non-hydrogen) atoms. The van der Waals surface area contributed by atoms with E-state index in [1.54, 1.807) is 12.3 Å². The minimum Gasteiger partial charge on any atom is -0.260 e. The van der Waals surface area contributed by atoms with Gasteiger partial charge in [0.15, 0.2) is 0 Å². The highest BCUT2D eigenvalue weighted by molar-refractivity contribution is 5.25. The van der Waals surface area contributed by atoms with E-state index in [2.05, 4.69) is 42.9 Å². The number of hydrogen-bond donors (Lipinski definition) is 0. The Labute approximate surface area is 126 Å². The van der Waals surface area contributed by atoms with E-state index in [1.807, 2.05) is 20.0 Å². The molecule has 0 saturated carbocycles. The van der Waals surface area contributed by atoms with Gasteiger partial charge in [0.25, 0.3) is 0 Å². The maximum absolute atomic E-state index is 13.9. The largest absolute Gasteiger partial charge is 0.260 e. The molecule has 112 valence electrons. The van der Waals surface area contributed by atoms with Gasteiger partial charge in [-0.3, -0.25) is 9.97 Å². The van der Waals surface area contributed by atoms with Gasteiger partial charge < -0.3 is 0 Å². The van der Waals surface area contributed by atoms with E-state index in [4.69, 9.17) is 0 Å². The van der Waals surface area contributed by atoms with Crippen molar-refractivity contribution >= 4 is 0 Å². The first-order valence-corrected chi connectivity index (χ1v) is 7.26. The lowest BCUT2D eigenvalue weighted by Crippen LogP contribution is -2.24. The molecule has 0 amide bonds. The van der Waals surface area contributed by atoms with Crippen molar-refractivity contribution in [2.45, 2.75) is 51.9 Å². The molecule has 0 aromatic carbocycles. The van der Waals surface area contributed by atoms with Crippen LogP contribution in [0.3, 0.4) is 0 Å². The Morgan fingerprint density at radius 3 is 2.24 bits per heavy atom. The SMILES string of the molecule is CC(C)(C)c1ccc(CC(C)(C)c2ncccc2F)cn1. The zero-order valence-electron chi connectivity index (χ0n) is 13.4. The van der Waals surface area contributed by atoms with Gasteiger partial charge in [-0.15, -0.1) is 0 Å². The summed E-state index contributed by atoms with van der Waals surface area (Å²) in [6, 6.07) is 7.22. The second kappa shape index (κ2) is 5.55. The van der Waals surface area contributed by atoms with Crippen LogP contribution in [0.2, 0.25) is 0 Å². The predicted octanol–water partition coefficient (Wildman–Crippen LogP) is 4.43. The standard InChI is InChI=1S/C18H23FN2/c1-17(2,3)15-9-8-13(12-21-15)11-18(4,5)16-14(19)7-6-10-20-16/h6-10,12H,11H2,1-5H3. The fraction of sp³-hybridized carbons (Fsp3) is 0.444. The molecular formula is C18H23FN2. The van der Waals surface area contributed by atoms with Crippen LogP contribution in [0.25, 0.3) is 0 Å². The summed E-state index contributed by atoms with van der Waals surface area (Å²) in [5.74, 6) is -0.248. The van der Waals surface area contributed by atoms with Gasteiger partial charge in [0.2, 0.25) is 0 Å². The summed E-state index contributed by atoms with van der Waals surface area (Å²) in [5.41, 5.74) is 2.34.